The molecule has 0 saturated carbocycles. The summed E-state index contributed by atoms with van der Waals surface area (Å²) >= 11 is 3.55. The third-order valence-corrected chi connectivity index (χ3v) is 7.47. The van der Waals surface area contributed by atoms with Crippen molar-refractivity contribution in [3.8, 4) is 11.1 Å². The van der Waals surface area contributed by atoms with Gasteiger partial charge in [-0.15, -0.1) is 0 Å². The summed E-state index contributed by atoms with van der Waals surface area (Å²) in [7, 11) is -1.15. The molecule has 0 bridgehead atoms. The molecule has 0 aliphatic rings. The number of hydrogen-bond donors (Lipinski definition) is 1. The molecule has 0 aliphatic heterocycles. The fourth-order valence-corrected chi connectivity index (χ4v) is 4.73. The molecule has 0 amide bonds. The third-order valence-electron chi connectivity index (χ3n) is 5.27. The van der Waals surface area contributed by atoms with Crippen LogP contribution in [0.25, 0.3) is 33.2 Å². The standard InChI is InChI=1S/C23H27BrN4O3Si/c1-5-31-23(29)16-7-6-15(24)12-18(16)20-17-8-9-28(14-30-10-11-32(2,3)4)22(17)26-19-13-25-27-21(19)20/h6-9,12-13H,5,10-11,14H2,1-4H3,(H,25,27). The van der Waals surface area contributed by atoms with Crippen molar-refractivity contribution in [1.29, 1.82) is 0 Å². The average Bonchev–Trinajstić information content (AvgIpc) is 3.35. The molecule has 1 aromatic carbocycles. The minimum Gasteiger partial charge on any atom is -0.462 e. The van der Waals surface area contributed by atoms with Crippen LogP contribution >= 0.6 is 15.9 Å². The molecule has 9 heteroatoms. The Kier molecular flexibility index (Phi) is 6.50. The summed E-state index contributed by atoms with van der Waals surface area (Å²) in [5, 5.41) is 8.18. The van der Waals surface area contributed by atoms with Crippen LogP contribution in [0.1, 0.15) is 17.3 Å². The summed E-state index contributed by atoms with van der Waals surface area (Å²) in [6.07, 6.45) is 3.67. The number of fused-ring (bicyclic) bond motifs is 2. The second-order valence-corrected chi connectivity index (χ2v) is 15.4. The summed E-state index contributed by atoms with van der Waals surface area (Å²) in [5.74, 6) is -0.359. The number of benzene rings is 1. The number of aromatic amines is 1. The average molecular weight is 515 g/mol. The van der Waals surface area contributed by atoms with E-state index in [4.69, 9.17) is 14.5 Å². The van der Waals surface area contributed by atoms with E-state index >= 15 is 0 Å². The van der Waals surface area contributed by atoms with Gasteiger partial charge in [-0.2, -0.15) is 5.10 Å². The van der Waals surface area contributed by atoms with Gasteiger partial charge < -0.3 is 14.0 Å². The van der Waals surface area contributed by atoms with E-state index in [0.29, 0.717) is 18.9 Å². The number of nitrogens with one attached hydrogen (secondary N) is 1. The Morgan fingerprint density at radius 1 is 1.25 bits per heavy atom. The van der Waals surface area contributed by atoms with Gasteiger partial charge in [0.15, 0.2) is 0 Å². The van der Waals surface area contributed by atoms with Crippen molar-refractivity contribution in [2.45, 2.75) is 39.3 Å². The highest BCUT2D eigenvalue weighted by Crippen LogP contribution is 2.37. The number of ether oxygens (including phenoxy) is 2. The lowest BCUT2D eigenvalue weighted by Crippen LogP contribution is -2.22. The number of rotatable bonds is 8. The summed E-state index contributed by atoms with van der Waals surface area (Å²) in [6.45, 7) is 10.3. The zero-order valence-corrected chi connectivity index (χ0v) is 21.3. The van der Waals surface area contributed by atoms with E-state index in [0.717, 1.165) is 50.3 Å². The number of hydrogen-bond acceptors (Lipinski definition) is 5. The highest BCUT2D eigenvalue weighted by atomic mass is 79.9. The van der Waals surface area contributed by atoms with Crippen LogP contribution < -0.4 is 0 Å². The van der Waals surface area contributed by atoms with Gasteiger partial charge in [0.05, 0.1) is 23.9 Å². The van der Waals surface area contributed by atoms with Gasteiger partial charge in [-0.1, -0.05) is 35.6 Å². The first-order valence-corrected chi connectivity index (χ1v) is 15.1. The Labute approximate surface area is 196 Å². The lowest BCUT2D eigenvalue weighted by Gasteiger charge is -2.16. The van der Waals surface area contributed by atoms with E-state index in [1.54, 1.807) is 19.2 Å². The first-order chi connectivity index (χ1) is 15.3. The molecule has 0 aliphatic carbocycles. The predicted molar refractivity (Wildman–Crippen MR) is 133 cm³/mol. The van der Waals surface area contributed by atoms with Crippen molar-refractivity contribution >= 4 is 52.0 Å². The Morgan fingerprint density at radius 3 is 2.81 bits per heavy atom. The molecule has 7 nitrogen and oxygen atoms in total. The zero-order valence-electron chi connectivity index (χ0n) is 18.7. The van der Waals surface area contributed by atoms with Gasteiger partial charge in [0, 0.05) is 41.9 Å². The molecule has 0 unspecified atom stereocenters. The fourth-order valence-electron chi connectivity index (χ4n) is 3.62. The second-order valence-electron chi connectivity index (χ2n) is 8.90. The van der Waals surface area contributed by atoms with Crippen LogP contribution in [0, 0.1) is 0 Å². The summed E-state index contributed by atoms with van der Waals surface area (Å²) in [4.78, 5) is 17.5. The molecule has 0 atom stereocenters. The second kappa shape index (κ2) is 9.17. The molecule has 168 valence electrons. The Morgan fingerprint density at radius 2 is 2.06 bits per heavy atom. The van der Waals surface area contributed by atoms with Crippen LogP contribution in [0.3, 0.4) is 0 Å². The monoisotopic (exact) mass is 514 g/mol. The van der Waals surface area contributed by atoms with Crippen LogP contribution in [0.4, 0.5) is 0 Å². The highest BCUT2D eigenvalue weighted by Gasteiger charge is 2.22. The van der Waals surface area contributed by atoms with Gasteiger partial charge in [-0.25, -0.2) is 9.78 Å². The number of nitrogens with zero attached hydrogens (tertiary/aromatic N) is 3. The van der Waals surface area contributed by atoms with Crippen molar-refractivity contribution in [2.75, 3.05) is 13.2 Å². The molecule has 4 rings (SSSR count). The fraction of sp³-hybridized carbons (Fsp3) is 0.348. The third kappa shape index (κ3) is 4.64. The predicted octanol–water partition coefficient (Wildman–Crippen LogP) is 5.83. The largest absolute Gasteiger partial charge is 0.462 e. The smallest absolute Gasteiger partial charge is 0.338 e. The van der Waals surface area contributed by atoms with Crippen LogP contribution in [0.5, 0.6) is 0 Å². The molecule has 0 saturated heterocycles. The molecule has 0 radical (unpaired) electrons. The molecular formula is C23H27BrN4O3Si. The Balaban J connectivity index is 1.82. The van der Waals surface area contributed by atoms with E-state index in [-0.39, 0.29) is 5.97 Å². The van der Waals surface area contributed by atoms with E-state index in [1.165, 1.54) is 0 Å². The maximum Gasteiger partial charge on any atom is 0.338 e. The van der Waals surface area contributed by atoms with Crippen molar-refractivity contribution in [1.82, 2.24) is 19.7 Å². The highest BCUT2D eigenvalue weighted by molar-refractivity contribution is 9.10. The number of esters is 1. The normalized spacial score (nSPS) is 12.0. The van der Waals surface area contributed by atoms with Gasteiger partial charge in [0.25, 0.3) is 0 Å². The molecule has 32 heavy (non-hydrogen) atoms. The number of carbonyl (C=O) groups is 1. The lowest BCUT2D eigenvalue weighted by atomic mass is 9.97. The Hall–Kier alpha value is -2.49. The van der Waals surface area contributed by atoms with Crippen molar-refractivity contribution in [3.63, 3.8) is 0 Å². The van der Waals surface area contributed by atoms with Crippen LogP contribution in [0.15, 0.2) is 41.1 Å². The zero-order chi connectivity index (χ0) is 22.9. The quantitative estimate of drug-likeness (QED) is 0.181. The first kappa shape index (κ1) is 22.7. The van der Waals surface area contributed by atoms with Crippen LogP contribution in [0.2, 0.25) is 25.7 Å². The van der Waals surface area contributed by atoms with Crippen LogP contribution in [-0.2, 0) is 16.2 Å². The summed E-state index contributed by atoms with van der Waals surface area (Å²) in [5.41, 5.74) is 4.42. The van der Waals surface area contributed by atoms with E-state index in [9.17, 15) is 4.79 Å². The van der Waals surface area contributed by atoms with Crippen molar-refractivity contribution < 1.29 is 14.3 Å². The maximum absolute atomic E-state index is 12.7. The minimum atomic E-state index is -1.15. The molecule has 0 fully saturated rings. The molecule has 4 aromatic rings. The van der Waals surface area contributed by atoms with Gasteiger partial charge in [-0.3, -0.25) is 5.10 Å². The summed E-state index contributed by atoms with van der Waals surface area (Å²) < 4.78 is 14.1. The van der Waals surface area contributed by atoms with Gasteiger partial charge in [-0.05, 0) is 37.2 Å². The summed E-state index contributed by atoms with van der Waals surface area (Å²) in [6, 6.07) is 8.68. The molecule has 3 aromatic heterocycles. The lowest BCUT2D eigenvalue weighted by molar-refractivity contribution is 0.0527. The number of carbonyl (C=O) groups excluding carboxylic acids is 1. The number of halogens is 1. The Bertz CT molecular complexity index is 1280. The number of aromatic nitrogens is 4. The van der Waals surface area contributed by atoms with Crippen molar-refractivity contribution in [2.24, 2.45) is 0 Å². The van der Waals surface area contributed by atoms with Gasteiger partial charge in [0.1, 0.15) is 17.9 Å². The van der Waals surface area contributed by atoms with E-state index < -0.39 is 8.07 Å². The molecule has 3 heterocycles. The topological polar surface area (TPSA) is 82.0 Å². The maximum atomic E-state index is 12.7. The molecule has 0 spiro atoms. The minimum absolute atomic E-state index is 0.310. The van der Waals surface area contributed by atoms with Gasteiger partial charge in [0.2, 0.25) is 0 Å². The first-order valence-electron chi connectivity index (χ1n) is 10.6. The van der Waals surface area contributed by atoms with Crippen LogP contribution in [-0.4, -0.2) is 47.0 Å². The van der Waals surface area contributed by atoms with Gasteiger partial charge >= 0.3 is 5.97 Å². The molecule has 1 N–H and O–H groups in total. The van der Waals surface area contributed by atoms with Crippen molar-refractivity contribution in [3.05, 3.63) is 46.7 Å². The molecular weight excluding hydrogens is 488 g/mol. The SMILES string of the molecule is CCOC(=O)c1ccc(Br)cc1-c1c2ccn(COCC[Si](C)(C)C)c2nc2cn[nH]c12. The number of pyridine rings is 1. The van der Waals surface area contributed by atoms with E-state index in [1.807, 2.05) is 29.0 Å². The number of H-pyrrole nitrogens is 1. The van der Waals surface area contributed by atoms with E-state index in [2.05, 4.69) is 45.8 Å².